The van der Waals surface area contributed by atoms with Gasteiger partial charge in [-0.3, -0.25) is 14.5 Å². The molecule has 2 aliphatic rings. The lowest BCUT2D eigenvalue weighted by molar-refractivity contribution is -0.123. The second-order valence-corrected chi connectivity index (χ2v) is 9.91. The number of nitrogens with one attached hydrogen (secondary N) is 2. The number of hydrogen-bond acceptors (Lipinski definition) is 6. The van der Waals surface area contributed by atoms with Gasteiger partial charge in [0.2, 0.25) is 5.91 Å². The Labute approximate surface area is 206 Å². The summed E-state index contributed by atoms with van der Waals surface area (Å²) in [4.78, 5) is 31.3. The van der Waals surface area contributed by atoms with Gasteiger partial charge in [-0.2, -0.15) is 0 Å². The molecule has 190 valence electrons. The molecule has 1 aromatic carbocycles. The Balaban J connectivity index is 1.40. The van der Waals surface area contributed by atoms with Crippen LogP contribution in [0.1, 0.15) is 51.0 Å². The van der Waals surface area contributed by atoms with Crippen molar-refractivity contribution >= 4 is 17.4 Å². The Bertz CT molecular complexity index is 763. The maximum Gasteiger partial charge on any atom is 0.234 e. The summed E-state index contributed by atoms with van der Waals surface area (Å²) in [5.74, 6) is 0.480. The van der Waals surface area contributed by atoms with Gasteiger partial charge in [0, 0.05) is 76.9 Å². The number of fused-ring (bicyclic) bond motifs is 1. The van der Waals surface area contributed by atoms with Crippen LogP contribution in [0, 0.1) is 0 Å². The van der Waals surface area contributed by atoms with Crippen molar-refractivity contribution in [2.24, 2.45) is 0 Å². The number of likely N-dealkylation sites (N-methyl/N-ethyl adjacent to an activating group) is 1. The van der Waals surface area contributed by atoms with E-state index in [-0.39, 0.29) is 11.9 Å². The van der Waals surface area contributed by atoms with Gasteiger partial charge in [0.1, 0.15) is 5.78 Å². The number of benzene rings is 1. The highest BCUT2D eigenvalue weighted by Gasteiger charge is 2.20. The first-order valence-electron chi connectivity index (χ1n) is 13.3. The molecule has 2 aliphatic heterocycles. The minimum Gasteiger partial charge on any atom is -0.370 e. The van der Waals surface area contributed by atoms with E-state index in [9.17, 15) is 9.59 Å². The van der Waals surface area contributed by atoms with Crippen molar-refractivity contribution in [1.82, 2.24) is 20.4 Å². The van der Waals surface area contributed by atoms with Crippen LogP contribution in [0.15, 0.2) is 24.3 Å². The van der Waals surface area contributed by atoms with E-state index in [1.54, 1.807) is 0 Å². The summed E-state index contributed by atoms with van der Waals surface area (Å²) >= 11 is 0. The van der Waals surface area contributed by atoms with Gasteiger partial charge >= 0.3 is 0 Å². The minimum absolute atomic E-state index is 0.131. The van der Waals surface area contributed by atoms with Crippen molar-refractivity contribution < 1.29 is 9.59 Å². The number of anilines is 1. The Morgan fingerprint density at radius 1 is 1.03 bits per heavy atom. The standard InChI is InChI=1S/C27H45N5O2/c1-3-25(33)11-6-4-5-10-24(29-27(34)22-31-19-17-30(2)18-20-31)21-28-14-16-32-15-13-23-9-7-8-12-26(23)32/h7-9,12,24,28H,3-6,10-11,13-22H2,1-2H3,(H,29,34). The van der Waals surface area contributed by atoms with Crippen molar-refractivity contribution in [1.29, 1.82) is 0 Å². The molecule has 2 heterocycles. The number of piperazine rings is 1. The number of nitrogens with zero attached hydrogens (tertiary/aromatic N) is 3. The third-order valence-electron chi connectivity index (χ3n) is 7.16. The van der Waals surface area contributed by atoms with Crippen molar-refractivity contribution in [3.63, 3.8) is 0 Å². The fourth-order valence-corrected chi connectivity index (χ4v) is 4.90. The summed E-state index contributed by atoms with van der Waals surface area (Å²) in [5.41, 5.74) is 2.81. The zero-order valence-corrected chi connectivity index (χ0v) is 21.4. The van der Waals surface area contributed by atoms with Gasteiger partial charge in [-0.1, -0.05) is 38.0 Å². The van der Waals surface area contributed by atoms with E-state index in [1.807, 2.05) is 6.92 Å². The first-order chi connectivity index (χ1) is 16.5. The maximum absolute atomic E-state index is 12.8. The van der Waals surface area contributed by atoms with E-state index < -0.39 is 0 Å². The molecule has 7 heteroatoms. The predicted molar refractivity (Wildman–Crippen MR) is 139 cm³/mol. The predicted octanol–water partition coefficient (Wildman–Crippen LogP) is 2.30. The number of carbonyl (C=O) groups is 2. The second-order valence-electron chi connectivity index (χ2n) is 9.91. The number of unbranched alkanes of at least 4 members (excludes halogenated alkanes) is 2. The number of para-hydroxylation sites is 1. The monoisotopic (exact) mass is 471 g/mol. The van der Waals surface area contributed by atoms with Crippen LogP contribution >= 0.6 is 0 Å². The van der Waals surface area contributed by atoms with Crippen molar-refractivity contribution in [3.05, 3.63) is 29.8 Å². The van der Waals surface area contributed by atoms with Crippen LogP contribution in [0.2, 0.25) is 0 Å². The number of Topliss-reactive ketones (excluding diaryl/α,β-unsaturated/α-hetero) is 1. The molecule has 1 aromatic rings. The molecule has 3 rings (SSSR count). The molecule has 1 amide bonds. The quantitative estimate of drug-likeness (QED) is 0.383. The van der Waals surface area contributed by atoms with Gasteiger partial charge in [-0.05, 0) is 37.9 Å². The maximum atomic E-state index is 12.8. The summed E-state index contributed by atoms with van der Waals surface area (Å²) < 4.78 is 0. The SMILES string of the molecule is CCC(=O)CCCCCC(CNCCN1CCc2ccccc21)NC(=O)CN1CCN(C)CC1. The fourth-order valence-electron chi connectivity index (χ4n) is 4.90. The average molecular weight is 472 g/mol. The van der Waals surface area contributed by atoms with Gasteiger partial charge in [0.05, 0.1) is 6.54 Å². The third-order valence-corrected chi connectivity index (χ3v) is 7.16. The molecule has 1 unspecified atom stereocenters. The van der Waals surface area contributed by atoms with Crippen molar-refractivity contribution in [2.45, 2.75) is 57.9 Å². The van der Waals surface area contributed by atoms with Crippen LogP contribution in [0.3, 0.4) is 0 Å². The van der Waals surface area contributed by atoms with Crippen LogP contribution in [0.5, 0.6) is 0 Å². The summed E-state index contributed by atoms with van der Waals surface area (Å²) in [6, 6.07) is 8.81. The van der Waals surface area contributed by atoms with E-state index in [2.05, 4.69) is 56.6 Å². The highest BCUT2D eigenvalue weighted by molar-refractivity contribution is 5.78. The molecule has 0 bridgehead atoms. The van der Waals surface area contributed by atoms with E-state index in [1.165, 1.54) is 11.3 Å². The molecule has 0 saturated carbocycles. The van der Waals surface area contributed by atoms with Crippen LogP contribution in [-0.2, 0) is 16.0 Å². The first kappa shape index (κ1) is 26.6. The second kappa shape index (κ2) is 14.4. The number of amides is 1. The van der Waals surface area contributed by atoms with E-state index in [4.69, 9.17) is 0 Å². The van der Waals surface area contributed by atoms with Crippen molar-refractivity contribution in [2.75, 3.05) is 70.9 Å². The topological polar surface area (TPSA) is 67.9 Å². The van der Waals surface area contributed by atoms with Crippen molar-refractivity contribution in [3.8, 4) is 0 Å². The smallest absolute Gasteiger partial charge is 0.234 e. The molecular formula is C27H45N5O2. The normalized spacial score (nSPS) is 17.5. The van der Waals surface area contributed by atoms with E-state index in [0.29, 0.717) is 25.2 Å². The molecule has 7 nitrogen and oxygen atoms in total. The fraction of sp³-hybridized carbons (Fsp3) is 0.704. The van der Waals surface area contributed by atoms with Crippen LogP contribution in [-0.4, -0.2) is 93.5 Å². The lowest BCUT2D eigenvalue weighted by Gasteiger charge is -2.32. The number of hydrogen-bond donors (Lipinski definition) is 2. The van der Waals surface area contributed by atoms with Crippen LogP contribution < -0.4 is 15.5 Å². The highest BCUT2D eigenvalue weighted by Crippen LogP contribution is 2.26. The Kier molecular flexibility index (Phi) is 11.3. The molecule has 0 radical (unpaired) electrons. The molecule has 1 saturated heterocycles. The molecule has 0 aliphatic carbocycles. The van der Waals surface area contributed by atoms with Gasteiger partial charge < -0.3 is 20.4 Å². The molecule has 2 N–H and O–H groups in total. The largest absolute Gasteiger partial charge is 0.370 e. The molecule has 0 spiro atoms. The van der Waals surface area contributed by atoms with E-state index >= 15 is 0 Å². The molecule has 1 fully saturated rings. The number of ketones is 1. The van der Waals surface area contributed by atoms with Gasteiger partial charge in [-0.25, -0.2) is 0 Å². The highest BCUT2D eigenvalue weighted by atomic mass is 16.2. The lowest BCUT2D eigenvalue weighted by Crippen LogP contribution is -2.51. The Hall–Kier alpha value is -1.96. The third kappa shape index (κ3) is 9.01. The zero-order valence-electron chi connectivity index (χ0n) is 21.4. The van der Waals surface area contributed by atoms with Crippen LogP contribution in [0.25, 0.3) is 0 Å². The number of carbonyl (C=O) groups excluding carboxylic acids is 2. The first-order valence-corrected chi connectivity index (χ1v) is 13.3. The summed E-state index contributed by atoms with van der Waals surface area (Å²) in [6.07, 6.45) is 6.44. The lowest BCUT2D eigenvalue weighted by atomic mass is 10.0. The molecular weight excluding hydrogens is 426 g/mol. The summed E-state index contributed by atoms with van der Waals surface area (Å²) in [5, 5.41) is 6.89. The molecule has 34 heavy (non-hydrogen) atoms. The van der Waals surface area contributed by atoms with Crippen LogP contribution in [0.4, 0.5) is 5.69 Å². The Morgan fingerprint density at radius 3 is 2.62 bits per heavy atom. The summed E-state index contributed by atoms with van der Waals surface area (Å²) in [7, 11) is 2.13. The summed E-state index contributed by atoms with van der Waals surface area (Å²) in [6.45, 7) is 10.1. The molecule has 0 aromatic heterocycles. The molecule has 1 atom stereocenters. The van der Waals surface area contributed by atoms with E-state index in [0.717, 1.165) is 84.5 Å². The van der Waals surface area contributed by atoms with Gasteiger partial charge in [-0.15, -0.1) is 0 Å². The Morgan fingerprint density at radius 2 is 1.82 bits per heavy atom. The minimum atomic E-state index is 0.131. The zero-order chi connectivity index (χ0) is 24.2. The average Bonchev–Trinajstić information content (AvgIpc) is 3.25. The van der Waals surface area contributed by atoms with Gasteiger partial charge in [0.25, 0.3) is 0 Å². The number of rotatable bonds is 15. The van der Waals surface area contributed by atoms with Gasteiger partial charge in [0.15, 0.2) is 0 Å².